The summed E-state index contributed by atoms with van der Waals surface area (Å²) in [5.41, 5.74) is 2.36. The first kappa shape index (κ1) is 17.7. The Labute approximate surface area is 160 Å². The highest BCUT2D eigenvalue weighted by Gasteiger charge is 2.28. The van der Waals surface area contributed by atoms with Crippen LogP contribution in [0.3, 0.4) is 0 Å². The Morgan fingerprint density at radius 2 is 2.19 bits per heavy atom. The minimum atomic E-state index is -0.858. The van der Waals surface area contributed by atoms with Crippen molar-refractivity contribution in [3.05, 3.63) is 34.8 Å². The van der Waals surface area contributed by atoms with E-state index in [0.29, 0.717) is 28.0 Å². The maximum atomic E-state index is 12.9. The van der Waals surface area contributed by atoms with Crippen LogP contribution in [0.15, 0.2) is 23.6 Å². The van der Waals surface area contributed by atoms with Crippen LogP contribution in [0.5, 0.6) is 0 Å². The lowest BCUT2D eigenvalue weighted by Crippen LogP contribution is -2.37. The van der Waals surface area contributed by atoms with Gasteiger partial charge in [0, 0.05) is 13.1 Å². The van der Waals surface area contributed by atoms with Gasteiger partial charge in [0.15, 0.2) is 11.8 Å². The van der Waals surface area contributed by atoms with Crippen LogP contribution < -0.4 is 5.32 Å². The van der Waals surface area contributed by atoms with Gasteiger partial charge in [-0.3, -0.25) is 9.48 Å². The molecule has 3 aromatic rings. The molecule has 3 aromatic heterocycles. The zero-order valence-corrected chi connectivity index (χ0v) is 16.2. The van der Waals surface area contributed by atoms with E-state index in [0.717, 1.165) is 17.7 Å². The molecule has 0 aliphatic heterocycles. The van der Waals surface area contributed by atoms with Crippen molar-refractivity contribution in [1.82, 2.24) is 20.1 Å². The summed E-state index contributed by atoms with van der Waals surface area (Å²) in [5, 5.41) is 9.85. The number of hydrogen-bond acceptors (Lipinski definition) is 6. The number of carbonyl (C=O) groups excluding carboxylic acids is 2. The molecule has 1 saturated carbocycles. The van der Waals surface area contributed by atoms with Crippen LogP contribution in [0.25, 0.3) is 21.6 Å². The number of carbonyl (C=O) groups is 2. The van der Waals surface area contributed by atoms with E-state index in [4.69, 9.17) is 4.74 Å². The molecule has 1 amide bonds. The van der Waals surface area contributed by atoms with Gasteiger partial charge in [-0.2, -0.15) is 5.10 Å². The molecule has 1 atom stereocenters. The average Bonchev–Trinajstić information content (AvgIpc) is 3.18. The topological polar surface area (TPSA) is 86.1 Å². The third-order valence-electron chi connectivity index (χ3n) is 4.54. The number of amides is 1. The van der Waals surface area contributed by atoms with Crippen molar-refractivity contribution < 1.29 is 14.3 Å². The van der Waals surface area contributed by atoms with Crippen molar-refractivity contribution in [2.45, 2.75) is 38.8 Å². The smallest absolute Gasteiger partial charge is 0.339 e. The van der Waals surface area contributed by atoms with Crippen LogP contribution in [0.1, 0.15) is 35.8 Å². The third-order valence-corrected chi connectivity index (χ3v) is 5.43. The minimum absolute atomic E-state index is 0.220. The minimum Gasteiger partial charge on any atom is -0.449 e. The van der Waals surface area contributed by atoms with E-state index in [1.165, 1.54) is 0 Å². The molecule has 3 heterocycles. The van der Waals surface area contributed by atoms with Crippen molar-refractivity contribution >= 4 is 34.2 Å². The second-order valence-electron chi connectivity index (χ2n) is 6.77. The molecule has 140 valence electrons. The van der Waals surface area contributed by atoms with E-state index < -0.39 is 12.1 Å². The quantitative estimate of drug-likeness (QED) is 0.684. The molecular formula is C19H20N4O3S. The Morgan fingerprint density at radius 1 is 1.41 bits per heavy atom. The summed E-state index contributed by atoms with van der Waals surface area (Å²) < 4.78 is 7.11. The lowest BCUT2D eigenvalue weighted by molar-refractivity contribution is -0.129. The van der Waals surface area contributed by atoms with Crippen LogP contribution >= 0.6 is 11.3 Å². The van der Waals surface area contributed by atoms with Gasteiger partial charge in [-0.25, -0.2) is 9.78 Å². The van der Waals surface area contributed by atoms with Gasteiger partial charge in [0.2, 0.25) is 0 Å². The summed E-state index contributed by atoms with van der Waals surface area (Å²) in [7, 11) is 1.79. The fourth-order valence-corrected chi connectivity index (χ4v) is 3.67. The summed E-state index contributed by atoms with van der Waals surface area (Å²) in [6.45, 7) is 3.42. The van der Waals surface area contributed by atoms with E-state index >= 15 is 0 Å². The fraction of sp³-hybridized carbons (Fsp3) is 0.368. The Morgan fingerprint density at radius 3 is 2.85 bits per heavy atom. The predicted octanol–water partition coefficient (Wildman–Crippen LogP) is 2.83. The van der Waals surface area contributed by atoms with Gasteiger partial charge in [-0.1, -0.05) is 6.07 Å². The zero-order chi connectivity index (χ0) is 19.1. The van der Waals surface area contributed by atoms with Crippen LogP contribution in [-0.2, 0) is 16.6 Å². The average molecular weight is 384 g/mol. The first-order valence-corrected chi connectivity index (χ1v) is 9.71. The van der Waals surface area contributed by atoms with Gasteiger partial charge < -0.3 is 10.1 Å². The highest BCUT2D eigenvalue weighted by atomic mass is 32.1. The normalized spacial score (nSPS) is 14.9. The lowest BCUT2D eigenvalue weighted by atomic mass is 10.1. The molecule has 1 fully saturated rings. The number of ether oxygens (including phenoxy) is 1. The Bertz CT molecular complexity index is 1020. The van der Waals surface area contributed by atoms with Crippen LogP contribution in [0, 0.1) is 6.92 Å². The van der Waals surface area contributed by atoms with Gasteiger partial charge in [-0.05, 0) is 44.2 Å². The molecule has 0 radical (unpaired) electrons. The number of thiophene rings is 1. The summed E-state index contributed by atoms with van der Waals surface area (Å²) >= 11 is 1.54. The molecule has 27 heavy (non-hydrogen) atoms. The number of pyridine rings is 1. The van der Waals surface area contributed by atoms with E-state index in [1.54, 1.807) is 36.1 Å². The summed E-state index contributed by atoms with van der Waals surface area (Å²) in [6.07, 6.45) is 1.11. The van der Waals surface area contributed by atoms with Crippen molar-refractivity contribution in [2.24, 2.45) is 7.05 Å². The number of fused-ring (bicyclic) bond motifs is 1. The number of esters is 1. The standard InChI is InChI=1S/C19H20N4O3S/c1-10-16-13(19(25)26-11(2)18(24)20-12-6-7-12)9-14(15-5-4-8-27-15)21-17(16)23(3)22-10/h4-5,8-9,11-12H,6-7H2,1-3H3,(H,20,24)/t11-/m0/s1. The van der Waals surface area contributed by atoms with Crippen molar-refractivity contribution in [3.8, 4) is 10.6 Å². The third kappa shape index (κ3) is 3.44. The van der Waals surface area contributed by atoms with Crippen molar-refractivity contribution in [1.29, 1.82) is 0 Å². The zero-order valence-electron chi connectivity index (χ0n) is 15.4. The van der Waals surface area contributed by atoms with E-state index in [2.05, 4.69) is 15.4 Å². The van der Waals surface area contributed by atoms with E-state index in [9.17, 15) is 9.59 Å². The Hall–Kier alpha value is -2.74. The highest BCUT2D eigenvalue weighted by Crippen LogP contribution is 2.30. The second kappa shape index (κ2) is 6.77. The number of hydrogen-bond donors (Lipinski definition) is 1. The molecule has 0 spiro atoms. The molecule has 0 aromatic carbocycles. The number of aromatic nitrogens is 3. The monoisotopic (exact) mass is 384 g/mol. The maximum Gasteiger partial charge on any atom is 0.339 e. The highest BCUT2D eigenvalue weighted by molar-refractivity contribution is 7.13. The van der Waals surface area contributed by atoms with Crippen LogP contribution in [0.4, 0.5) is 0 Å². The SMILES string of the molecule is Cc1nn(C)c2nc(-c3cccs3)cc(C(=O)O[C@@H](C)C(=O)NC3CC3)c12. The van der Waals surface area contributed by atoms with Crippen molar-refractivity contribution in [2.75, 3.05) is 0 Å². The summed E-state index contributed by atoms with van der Waals surface area (Å²) in [6, 6.07) is 5.82. The van der Waals surface area contributed by atoms with Crippen molar-refractivity contribution in [3.63, 3.8) is 0 Å². The fourth-order valence-electron chi connectivity index (χ4n) is 2.98. The number of nitrogens with one attached hydrogen (secondary N) is 1. The predicted molar refractivity (Wildman–Crippen MR) is 103 cm³/mol. The molecule has 1 aliphatic rings. The first-order chi connectivity index (χ1) is 12.9. The first-order valence-electron chi connectivity index (χ1n) is 8.83. The number of aryl methyl sites for hydroxylation is 2. The van der Waals surface area contributed by atoms with Gasteiger partial charge in [0.25, 0.3) is 5.91 Å². The Kier molecular flexibility index (Phi) is 4.43. The molecule has 1 N–H and O–H groups in total. The molecule has 0 saturated heterocycles. The molecule has 0 bridgehead atoms. The molecule has 4 rings (SSSR count). The molecular weight excluding hydrogens is 364 g/mol. The molecule has 8 heteroatoms. The molecule has 1 aliphatic carbocycles. The van der Waals surface area contributed by atoms with Crippen LogP contribution in [-0.4, -0.2) is 38.8 Å². The van der Waals surface area contributed by atoms with E-state index in [-0.39, 0.29) is 11.9 Å². The lowest BCUT2D eigenvalue weighted by Gasteiger charge is -2.14. The van der Waals surface area contributed by atoms with Gasteiger partial charge in [0.1, 0.15) is 0 Å². The number of nitrogens with zero attached hydrogens (tertiary/aromatic N) is 3. The summed E-state index contributed by atoms with van der Waals surface area (Å²) in [5.74, 6) is -0.813. The van der Waals surface area contributed by atoms with Gasteiger partial charge in [0.05, 0.1) is 27.2 Å². The van der Waals surface area contributed by atoms with E-state index in [1.807, 2.05) is 24.4 Å². The largest absolute Gasteiger partial charge is 0.449 e. The van der Waals surface area contributed by atoms with Crippen LogP contribution in [0.2, 0.25) is 0 Å². The van der Waals surface area contributed by atoms with Gasteiger partial charge >= 0.3 is 5.97 Å². The van der Waals surface area contributed by atoms with Gasteiger partial charge in [-0.15, -0.1) is 11.3 Å². The second-order valence-corrected chi connectivity index (χ2v) is 7.72. The number of rotatable bonds is 5. The molecule has 0 unspecified atom stereocenters. The summed E-state index contributed by atoms with van der Waals surface area (Å²) in [4.78, 5) is 30.6. The maximum absolute atomic E-state index is 12.9. The Balaban J connectivity index is 1.70. The molecule has 7 nitrogen and oxygen atoms in total.